The Morgan fingerprint density at radius 2 is 2.00 bits per heavy atom. The normalized spacial score (nSPS) is 12.4. The first-order chi connectivity index (χ1) is 8.24. The summed E-state index contributed by atoms with van der Waals surface area (Å²) in [5.74, 6) is 0. The molecular formula is C13H15BrN2S. The van der Waals surface area contributed by atoms with E-state index in [4.69, 9.17) is 0 Å². The first-order valence-electron chi connectivity index (χ1n) is 5.45. The molecule has 0 aliphatic rings. The van der Waals surface area contributed by atoms with Gasteiger partial charge in [-0.15, -0.1) is 11.3 Å². The molecule has 2 nitrogen and oxygen atoms in total. The van der Waals surface area contributed by atoms with Gasteiger partial charge in [0.2, 0.25) is 0 Å². The van der Waals surface area contributed by atoms with Crippen LogP contribution in [0.2, 0.25) is 0 Å². The van der Waals surface area contributed by atoms with Gasteiger partial charge in [-0.05, 0) is 52.8 Å². The van der Waals surface area contributed by atoms with Gasteiger partial charge in [-0.3, -0.25) is 0 Å². The van der Waals surface area contributed by atoms with Gasteiger partial charge in [0, 0.05) is 17.6 Å². The van der Waals surface area contributed by atoms with Crippen LogP contribution < -0.4 is 10.6 Å². The van der Waals surface area contributed by atoms with Crippen LogP contribution in [0, 0.1) is 0 Å². The van der Waals surface area contributed by atoms with E-state index in [-0.39, 0.29) is 6.04 Å². The monoisotopic (exact) mass is 310 g/mol. The molecule has 0 amide bonds. The van der Waals surface area contributed by atoms with Crippen LogP contribution >= 0.6 is 27.3 Å². The van der Waals surface area contributed by atoms with Crippen molar-refractivity contribution in [3.63, 3.8) is 0 Å². The topological polar surface area (TPSA) is 24.1 Å². The maximum absolute atomic E-state index is 3.51. The molecule has 90 valence electrons. The number of anilines is 1. The second kappa shape index (κ2) is 5.67. The van der Waals surface area contributed by atoms with E-state index in [0.717, 1.165) is 9.47 Å². The van der Waals surface area contributed by atoms with Gasteiger partial charge in [0.1, 0.15) is 0 Å². The molecule has 4 heteroatoms. The molecule has 1 unspecified atom stereocenters. The largest absolute Gasteiger partial charge is 0.388 e. The summed E-state index contributed by atoms with van der Waals surface area (Å²) in [6, 6.07) is 13.0. The molecule has 17 heavy (non-hydrogen) atoms. The summed E-state index contributed by atoms with van der Waals surface area (Å²) in [5.41, 5.74) is 2.41. The Hall–Kier alpha value is -0.840. The van der Waals surface area contributed by atoms with Gasteiger partial charge in [-0.25, -0.2) is 0 Å². The van der Waals surface area contributed by atoms with Crippen molar-refractivity contribution in [2.45, 2.75) is 6.04 Å². The Bertz CT molecular complexity index is 496. The Balaban J connectivity index is 2.34. The highest BCUT2D eigenvalue weighted by Gasteiger charge is 2.14. The highest BCUT2D eigenvalue weighted by Crippen LogP contribution is 2.31. The van der Waals surface area contributed by atoms with Crippen LogP contribution in [0.1, 0.15) is 16.5 Å². The van der Waals surface area contributed by atoms with Crippen LogP contribution in [0.25, 0.3) is 0 Å². The SMILES string of the molecule is CNc1cccc(C(NC)c2ccc(Br)s2)c1. The molecule has 1 heterocycles. The molecule has 1 aromatic carbocycles. The summed E-state index contributed by atoms with van der Waals surface area (Å²) in [5, 5.41) is 6.53. The lowest BCUT2D eigenvalue weighted by Crippen LogP contribution is -2.16. The molecule has 0 spiro atoms. The van der Waals surface area contributed by atoms with Crippen LogP contribution in [0.15, 0.2) is 40.2 Å². The summed E-state index contributed by atoms with van der Waals surface area (Å²) >= 11 is 5.27. The lowest BCUT2D eigenvalue weighted by atomic mass is 10.0. The molecule has 0 saturated heterocycles. The fourth-order valence-corrected chi connectivity index (χ4v) is 3.39. The first kappa shape index (κ1) is 12.6. The lowest BCUT2D eigenvalue weighted by Gasteiger charge is -2.16. The Labute approximate surface area is 114 Å². The Morgan fingerprint density at radius 3 is 2.59 bits per heavy atom. The Morgan fingerprint density at radius 1 is 1.18 bits per heavy atom. The van der Waals surface area contributed by atoms with Crippen molar-refractivity contribution in [2.24, 2.45) is 0 Å². The van der Waals surface area contributed by atoms with Crippen molar-refractivity contribution in [1.82, 2.24) is 5.32 Å². The van der Waals surface area contributed by atoms with Gasteiger partial charge >= 0.3 is 0 Å². The van der Waals surface area contributed by atoms with Gasteiger partial charge in [0.25, 0.3) is 0 Å². The molecule has 0 aliphatic heterocycles. The van der Waals surface area contributed by atoms with E-state index >= 15 is 0 Å². The van der Waals surface area contributed by atoms with Gasteiger partial charge < -0.3 is 10.6 Å². The molecule has 0 saturated carbocycles. The van der Waals surface area contributed by atoms with Crippen LogP contribution in [-0.4, -0.2) is 14.1 Å². The van der Waals surface area contributed by atoms with Crippen molar-refractivity contribution in [1.29, 1.82) is 0 Å². The zero-order valence-corrected chi connectivity index (χ0v) is 12.2. The van der Waals surface area contributed by atoms with E-state index in [1.165, 1.54) is 10.4 Å². The maximum Gasteiger partial charge on any atom is 0.0702 e. The van der Waals surface area contributed by atoms with Crippen LogP contribution in [-0.2, 0) is 0 Å². The average Bonchev–Trinajstić information content (AvgIpc) is 2.77. The number of hydrogen-bond donors (Lipinski definition) is 2. The van der Waals surface area contributed by atoms with Crippen LogP contribution in [0.4, 0.5) is 5.69 Å². The number of nitrogens with one attached hydrogen (secondary N) is 2. The molecule has 0 radical (unpaired) electrons. The predicted molar refractivity (Wildman–Crippen MR) is 78.9 cm³/mol. The van der Waals surface area contributed by atoms with Crippen molar-refractivity contribution >= 4 is 33.0 Å². The fourth-order valence-electron chi connectivity index (χ4n) is 1.83. The van der Waals surface area contributed by atoms with E-state index in [1.807, 2.05) is 14.1 Å². The summed E-state index contributed by atoms with van der Waals surface area (Å²) in [6.45, 7) is 0. The van der Waals surface area contributed by atoms with Gasteiger partial charge in [0.05, 0.1) is 9.83 Å². The van der Waals surface area contributed by atoms with E-state index < -0.39 is 0 Å². The number of rotatable bonds is 4. The summed E-state index contributed by atoms with van der Waals surface area (Å²) in [4.78, 5) is 1.31. The van der Waals surface area contributed by atoms with Crippen molar-refractivity contribution in [2.75, 3.05) is 19.4 Å². The van der Waals surface area contributed by atoms with Crippen molar-refractivity contribution in [3.8, 4) is 0 Å². The Kier molecular flexibility index (Phi) is 4.20. The molecule has 0 bridgehead atoms. The predicted octanol–water partition coefficient (Wildman–Crippen LogP) is 3.86. The molecule has 0 fully saturated rings. The van der Waals surface area contributed by atoms with Gasteiger partial charge in [-0.2, -0.15) is 0 Å². The third-order valence-corrected chi connectivity index (χ3v) is 4.36. The quantitative estimate of drug-likeness (QED) is 0.896. The van der Waals surface area contributed by atoms with Crippen LogP contribution in [0.3, 0.4) is 0 Å². The minimum absolute atomic E-state index is 0.250. The van der Waals surface area contributed by atoms with Gasteiger partial charge in [0.15, 0.2) is 0 Å². The van der Waals surface area contributed by atoms with E-state index in [2.05, 4.69) is 63.0 Å². The van der Waals surface area contributed by atoms with E-state index in [9.17, 15) is 0 Å². The molecule has 2 N–H and O–H groups in total. The third-order valence-electron chi connectivity index (χ3n) is 2.68. The standard InChI is InChI=1S/C13H15BrN2S/c1-15-10-5-3-4-9(8-10)13(16-2)11-6-7-12(14)17-11/h3-8,13,15-16H,1-2H3. The lowest BCUT2D eigenvalue weighted by molar-refractivity contribution is 0.704. The molecule has 2 aromatic rings. The van der Waals surface area contributed by atoms with Crippen molar-refractivity contribution < 1.29 is 0 Å². The minimum atomic E-state index is 0.250. The summed E-state index contributed by atoms with van der Waals surface area (Å²) < 4.78 is 1.16. The molecule has 2 rings (SSSR count). The summed E-state index contributed by atoms with van der Waals surface area (Å²) in [6.07, 6.45) is 0. The van der Waals surface area contributed by atoms with E-state index in [0.29, 0.717) is 0 Å². The molecular weight excluding hydrogens is 296 g/mol. The van der Waals surface area contributed by atoms with Gasteiger partial charge in [-0.1, -0.05) is 12.1 Å². The average molecular weight is 311 g/mol. The highest BCUT2D eigenvalue weighted by atomic mass is 79.9. The zero-order valence-electron chi connectivity index (χ0n) is 9.83. The second-order valence-electron chi connectivity index (χ2n) is 3.74. The number of benzene rings is 1. The fraction of sp³-hybridized carbons (Fsp3) is 0.231. The maximum atomic E-state index is 3.51. The van der Waals surface area contributed by atoms with Crippen molar-refractivity contribution in [3.05, 3.63) is 50.6 Å². The number of hydrogen-bond acceptors (Lipinski definition) is 3. The highest BCUT2D eigenvalue weighted by molar-refractivity contribution is 9.11. The summed E-state index contributed by atoms with van der Waals surface area (Å²) in [7, 11) is 3.93. The zero-order chi connectivity index (χ0) is 12.3. The first-order valence-corrected chi connectivity index (χ1v) is 7.05. The molecule has 1 aromatic heterocycles. The number of halogens is 1. The molecule has 0 aliphatic carbocycles. The minimum Gasteiger partial charge on any atom is -0.388 e. The van der Waals surface area contributed by atoms with Crippen LogP contribution in [0.5, 0.6) is 0 Å². The number of thiophene rings is 1. The van der Waals surface area contributed by atoms with E-state index in [1.54, 1.807) is 11.3 Å². The third kappa shape index (κ3) is 2.89. The molecule has 1 atom stereocenters. The second-order valence-corrected chi connectivity index (χ2v) is 6.23. The smallest absolute Gasteiger partial charge is 0.0702 e.